The Morgan fingerprint density at radius 3 is 2.17 bits per heavy atom. The number of aliphatic hydroxyl groups is 1. The van der Waals surface area contributed by atoms with Gasteiger partial charge in [0, 0.05) is 0 Å². The molecule has 0 radical (unpaired) electrons. The molecule has 0 spiro atoms. The van der Waals surface area contributed by atoms with Gasteiger partial charge in [0.25, 0.3) is 0 Å². The van der Waals surface area contributed by atoms with E-state index in [1.54, 1.807) is 0 Å². The highest BCUT2D eigenvalue weighted by atomic mass is 19.4. The fourth-order valence-corrected chi connectivity index (χ4v) is 1.21. The summed E-state index contributed by atoms with van der Waals surface area (Å²) in [6, 6.07) is 0. The van der Waals surface area contributed by atoms with Gasteiger partial charge in [0.15, 0.2) is 0 Å². The maximum Gasteiger partial charge on any atom is 0.393 e. The molecule has 0 aromatic carbocycles. The minimum Gasteiger partial charge on any atom is -0.481 e. The molecule has 1 fully saturated rings. The summed E-state index contributed by atoms with van der Waals surface area (Å²) in [6.07, 6.45) is -5.02. The monoisotopic (exact) mass is 184 g/mol. The van der Waals surface area contributed by atoms with Crippen LogP contribution < -0.4 is 0 Å². The number of hydrogen-bond donors (Lipinski definition) is 2. The molecule has 0 heterocycles. The molecule has 1 rings (SSSR count). The Morgan fingerprint density at radius 1 is 1.58 bits per heavy atom. The van der Waals surface area contributed by atoms with Crippen molar-refractivity contribution in [3.8, 4) is 0 Å². The van der Waals surface area contributed by atoms with Crippen molar-refractivity contribution in [3.05, 3.63) is 0 Å². The zero-order chi connectivity index (χ0) is 9.57. The minimum absolute atomic E-state index is 0.512. The predicted molar refractivity (Wildman–Crippen MR) is 31.3 cm³/mol. The Balaban J connectivity index is 2.75. The Bertz CT molecular complexity index is 213. The van der Waals surface area contributed by atoms with Crippen molar-refractivity contribution in [1.82, 2.24) is 0 Å². The van der Waals surface area contributed by atoms with Gasteiger partial charge in [-0.2, -0.15) is 13.2 Å². The van der Waals surface area contributed by atoms with Crippen LogP contribution in [0.3, 0.4) is 0 Å². The molecule has 0 saturated heterocycles. The summed E-state index contributed by atoms with van der Waals surface area (Å²) in [5.41, 5.74) is -1.96. The van der Waals surface area contributed by atoms with Crippen molar-refractivity contribution >= 4 is 5.97 Å². The average molecular weight is 184 g/mol. The molecular weight excluding hydrogens is 177 g/mol. The number of aliphatic hydroxyl groups excluding tert-OH is 1. The van der Waals surface area contributed by atoms with Crippen molar-refractivity contribution in [2.45, 2.75) is 12.6 Å². The van der Waals surface area contributed by atoms with Crippen LogP contribution in [0.2, 0.25) is 0 Å². The van der Waals surface area contributed by atoms with Crippen molar-refractivity contribution < 1.29 is 28.2 Å². The number of carbonyl (C=O) groups is 1. The van der Waals surface area contributed by atoms with E-state index in [0.717, 1.165) is 0 Å². The molecule has 2 N–H and O–H groups in total. The summed E-state index contributed by atoms with van der Waals surface area (Å²) in [4.78, 5) is 10.3. The first-order valence-corrected chi connectivity index (χ1v) is 3.25. The summed E-state index contributed by atoms with van der Waals surface area (Å²) in [7, 11) is 0. The highest BCUT2D eigenvalue weighted by Crippen LogP contribution is 2.60. The lowest BCUT2D eigenvalue weighted by Crippen LogP contribution is -2.27. The van der Waals surface area contributed by atoms with Crippen LogP contribution in [0.4, 0.5) is 13.2 Å². The summed E-state index contributed by atoms with van der Waals surface area (Å²) >= 11 is 0. The standard InChI is InChI=1S/C6H7F3O3/c7-6(8,9)3-1-5(3,2-10)4(11)12/h3,10H,1-2H2,(H,11,12)/t3-,5+/m0/s1. The summed E-state index contributed by atoms with van der Waals surface area (Å²) in [5, 5.41) is 16.9. The molecule has 0 amide bonds. The summed E-state index contributed by atoms with van der Waals surface area (Å²) < 4.78 is 35.7. The number of carboxylic acids is 1. The van der Waals surface area contributed by atoms with Crippen LogP contribution in [0.15, 0.2) is 0 Å². The molecule has 0 bridgehead atoms. The number of rotatable bonds is 2. The Morgan fingerprint density at radius 2 is 2.08 bits per heavy atom. The molecule has 0 aliphatic heterocycles. The van der Waals surface area contributed by atoms with Gasteiger partial charge in [0.05, 0.1) is 12.5 Å². The summed E-state index contributed by atoms with van der Waals surface area (Å²) in [5.74, 6) is -3.46. The maximum atomic E-state index is 11.9. The number of aliphatic carboxylic acids is 1. The van der Waals surface area contributed by atoms with Crippen molar-refractivity contribution in [2.75, 3.05) is 6.61 Å². The lowest BCUT2D eigenvalue weighted by Gasteiger charge is -2.10. The molecule has 12 heavy (non-hydrogen) atoms. The zero-order valence-corrected chi connectivity index (χ0v) is 5.93. The van der Waals surface area contributed by atoms with E-state index >= 15 is 0 Å². The van der Waals surface area contributed by atoms with Crippen LogP contribution in [0.1, 0.15) is 6.42 Å². The lowest BCUT2D eigenvalue weighted by molar-refractivity contribution is -0.170. The van der Waals surface area contributed by atoms with Gasteiger partial charge in [-0.25, -0.2) is 0 Å². The third-order valence-electron chi connectivity index (χ3n) is 2.18. The van der Waals surface area contributed by atoms with E-state index in [1.807, 2.05) is 0 Å². The normalized spacial score (nSPS) is 34.8. The SMILES string of the molecule is O=C(O)[C@@]1(CO)C[C@@H]1C(F)(F)F. The number of hydrogen-bond acceptors (Lipinski definition) is 2. The van der Waals surface area contributed by atoms with E-state index in [-0.39, 0.29) is 0 Å². The molecule has 2 atom stereocenters. The van der Waals surface area contributed by atoms with Gasteiger partial charge in [-0.05, 0) is 6.42 Å². The Kier molecular flexibility index (Phi) is 1.82. The first-order valence-electron chi connectivity index (χ1n) is 3.25. The third-order valence-corrected chi connectivity index (χ3v) is 2.18. The quantitative estimate of drug-likeness (QED) is 0.661. The smallest absolute Gasteiger partial charge is 0.393 e. The summed E-state index contributed by atoms with van der Waals surface area (Å²) in [6.45, 7) is -0.952. The number of carboxylic acid groups (broad SMARTS) is 1. The highest BCUT2D eigenvalue weighted by Gasteiger charge is 2.71. The molecule has 6 heteroatoms. The van der Waals surface area contributed by atoms with E-state index in [9.17, 15) is 18.0 Å². The highest BCUT2D eigenvalue weighted by molar-refractivity contribution is 5.79. The Labute approximate surface area is 65.8 Å². The van der Waals surface area contributed by atoms with E-state index in [1.165, 1.54) is 0 Å². The van der Waals surface area contributed by atoms with Crippen LogP contribution in [-0.4, -0.2) is 29.0 Å². The van der Waals surface area contributed by atoms with Crippen LogP contribution in [0, 0.1) is 11.3 Å². The second-order valence-corrected chi connectivity index (χ2v) is 2.92. The molecule has 70 valence electrons. The third kappa shape index (κ3) is 1.16. The molecule has 1 aliphatic rings. The fourth-order valence-electron chi connectivity index (χ4n) is 1.21. The van der Waals surface area contributed by atoms with E-state index in [0.29, 0.717) is 0 Å². The zero-order valence-electron chi connectivity index (χ0n) is 5.93. The van der Waals surface area contributed by atoms with Crippen molar-refractivity contribution in [2.24, 2.45) is 11.3 Å². The number of alkyl halides is 3. The van der Waals surface area contributed by atoms with Gasteiger partial charge < -0.3 is 10.2 Å². The largest absolute Gasteiger partial charge is 0.481 e. The van der Waals surface area contributed by atoms with Gasteiger partial charge >= 0.3 is 12.1 Å². The fraction of sp³-hybridized carbons (Fsp3) is 0.833. The molecule has 0 aromatic heterocycles. The number of halogens is 3. The second kappa shape index (κ2) is 2.35. The minimum atomic E-state index is -4.51. The van der Waals surface area contributed by atoms with Crippen molar-refractivity contribution in [3.63, 3.8) is 0 Å². The van der Waals surface area contributed by atoms with Gasteiger partial charge in [0.1, 0.15) is 5.41 Å². The first-order chi connectivity index (χ1) is 5.34. The topological polar surface area (TPSA) is 57.5 Å². The van der Waals surface area contributed by atoms with E-state index in [4.69, 9.17) is 10.2 Å². The van der Waals surface area contributed by atoms with Gasteiger partial charge in [0.2, 0.25) is 0 Å². The molecular formula is C6H7F3O3. The maximum absolute atomic E-state index is 11.9. The van der Waals surface area contributed by atoms with Crippen LogP contribution in [0.25, 0.3) is 0 Å². The first kappa shape index (κ1) is 9.31. The molecule has 0 unspecified atom stereocenters. The molecule has 1 saturated carbocycles. The molecule has 1 aliphatic carbocycles. The molecule has 3 nitrogen and oxygen atoms in total. The van der Waals surface area contributed by atoms with Crippen molar-refractivity contribution in [1.29, 1.82) is 0 Å². The second-order valence-electron chi connectivity index (χ2n) is 2.92. The van der Waals surface area contributed by atoms with Crippen LogP contribution in [0.5, 0.6) is 0 Å². The Hall–Kier alpha value is -0.780. The van der Waals surface area contributed by atoms with Crippen LogP contribution >= 0.6 is 0 Å². The van der Waals surface area contributed by atoms with Crippen LogP contribution in [-0.2, 0) is 4.79 Å². The predicted octanol–water partition coefficient (Wildman–Crippen LogP) is 0.632. The van der Waals surface area contributed by atoms with E-state index in [2.05, 4.69) is 0 Å². The average Bonchev–Trinajstić information content (AvgIpc) is 2.60. The van der Waals surface area contributed by atoms with Gasteiger partial charge in [-0.3, -0.25) is 4.79 Å². The van der Waals surface area contributed by atoms with Gasteiger partial charge in [-0.15, -0.1) is 0 Å². The molecule has 0 aromatic rings. The van der Waals surface area contributed by atoms with Gasteiger partial charge in [-0.1, -0.05) is 0 Å². The van der Waals surface area contributed by atoms with E-state index < -0.39 is 36.5 Å². The lowest BCUT2D eigenvalue weighted by atomic mass is 10.1.